The number of likely N-dealkylation sites (N-methyl/N-ethyl adjacent to an activating group) is 2. The molecule has 3 rings (SSSR count). The minimum absolute atomic E-state index is 0.131. The van der Waals surface area contributed by atoms with E-state index in [1.165, 1.54) is 19.3 Å². The molecule has 6 heteroatoms. The van der Waals surface area contributed by atoms with Crippen molar-refractivity contribution >= 4 is 0 Å². The highest BCUT2D eigenvalue weighted by Crippen LogP contribution is 2.49. The third-order valence-electron chi connectivity index (χ3n) is 5.89. The molecule has 0 unspecified atom stereocenters. The van der Waals surface area contributed by atoms with Gasteiger partial charge in [-0.1, -0.05) is 13.8 Å². The molecule has 1 aliphatic heterocycles. The highest BCUT2D eigenvalue weighted by Gasteiger charge is 2.46. The molecule has 142 valence electrons. The van der Waals surface area contributed by atoms with Gasteiger partial charge in [0.15, 0.2) is 0 Å². The first-order valence-electron chi connectivity index (χ1n) is 9.72. The average molecular weight is 350 g/mol. The summed E-state index contributed by atoms with van der Waals surface area (Å²) in [6.07, 6.45) is 5.86. The van der Waals surface area contributed by atoms with Gasteiger partial charge in [0.05, 0.1) is 18.8 Å². The fourth-order valence-corrected chi connectivity index (χ4v) is 4.65. The molecular formula is C19H35N5O. The van der Waals surface area contributed by atoms with E-state index in [1.54, 1.807) is 0 Å². The summed E-state index contributed by atoms with van der Waals surface area (Å²) in [4.78, 5) is 2.31. The molecule has 0 radical (unpaired) electrons. The van der Waals surface area contributed by atoms with Crippen molar-refractivity contribution in [3.8, 4) is 0 Å². The third-order valence-corrected chi connectivity index (χ3v) is 5.89. The van der Waals surface area contributed by atoms with Gasteiger partial charge >= 0.3 is 0 Å². The van der Waals surface area contributed by atoms with Crippen LogP contribution in [-0.2, 0) is 11.3 Å². The van der Waals surface area contributed by atoms with Crippen LogP contribution in [0.15, 0.2) is 0 Å². The number of aromatic nitrogens is 3. The second-order valence-electron chi connectivity index (χ2n) is 8.92. The summed E-state index contributed by atoms with van der Waals surface area (Å²) in [6.45, 7) is 10.5. The molecule has 1 aromatic rings. The Labute approximate surface area is 152 Å². The second kappa shape index (κ2) is 7.33. The Kier molecular flexibility index (Phi) is 5.51. The molecule has 2 fully saturated rings. The third kappa shape index (κ3) is 4.23. The van der Waals surface area contributed by atoms with Gasteiger partial charge in [-0.15, -0.1) is 10.2 Å². The maximum Gasteiger partial charge on any atom is 0.147 e. The predicted octanol–water partition coefficient (Wildman–Crippen LogP) is 2.54. The maximum absolute atomic E-state index is 6.28. The lowest BCUT2D eigenvalue weighted by Gasteiger charge is -2.38. The van der Waals surface area contributed by atoms with Crippen LogP contribution in [0.3, 0.4) is 0 Å². The Bertz CT molecular complexity index is 574. The van der Waals surface area contributed by atoms with Crippen molar-refractivity contribution in [2.75, 3.05) is 33.8 Å². The Hall–Kier alpha value is -0.980. The molecule has 6 nitrogen and oxygen atoms in total. The highest BCUT2D eigenvalue weighted by molar-refractivity contribution is 5.02. The van der Waals surface area contributed by atoms with Crippen LogP contribution >= 0.6 is 0 Å². The van der Waals surface area contributed by atoms with Crippen molar-refractivity contribution < 1.29 is 4.74 Å². The Morgan fingerprint density at radius 3 is 2.60 bits per heavy atom. The molecule has 1 N–H and O–H groups in total. The van der Waals surface area contributed by atoms with Gasteiger partial charge < -0.3 is 14.6 Å². The Morgan fingerprint density at radius 1 is 1.28 bits per heavy atom. The lowest BCUT2D eigenvalue weighted by Crippen LogP contribution is -2.35. The van der Waals surface area contributed by atoms with Gasteiger partial charge in [-0.3, -0.25) is 4.90 Å². The van der Waals surface area contributed by atoms with Crippen LogP contribution in [0.5, 0.6) is 0 Å². The summed E-state index contributed by atoms with van der Waals surface area (Å²) in [7, 11) is 4.14. The number of rotatable bonds is 6. The van der Waals surface area contributed by atoms with E-state index in [0.29, 0.717) is 11.5 Å². The minimum atomic E-state index is 0.131. The highest BCUT2D eigenvalue weighted by atomic mass is 16.5. The summed E-state index contributed by atoms with van der Waals surface area (Å²) < 4.78 is 8.67. The van der Waals surface area contributed by atoms with Crippen LogP contribution in [0.1, 0.15) is 63.6 Å². The average Bonchev–Trinajstić information content (AvgIpc) is 3.07. The molecule has 1 aromatic heterocycles. The van der Waals surface area contributed by atoms with Crippen LogP contribution < -0.4 is 5.32 Å². The maximum atomic E-state index is 6.28. The van der Waals surface area contributed by atoms with Crippen molar-refractivity contribution in [3.05, 3.63) is 11.6 Å². The van der Waals surface area contributed by atoms with Gasteiger partial charge in [0.1, 0.15) is 11.6 Å². The molecule has 1 aliphatic carbocycles. The molecule has 1 spiro atoms. The zero-order chi connectivity index (χ0) is 18.1. The van der Waals surface area contributed by atoms with Gasteiger partial charge in [-0.05, 0) is 58.5 Å². The number of nitrogens with one attached hydrogen (secondary N) is 1. The van der Waals surface area contributed by atoms with Crippen LogP contribution in [0, 0.1) is 12.3 Å². The fourth-order valence-electron chi connectivity index (χ4n) is 4.65. The van der Waals surface area contributed by atoms with E-state index in [-0.39, 0.29) is 5.60 Å². The molecular weight excluding hydrogens is 314 g/mol. The number of ether oxygens (including phenoxy) is 1. The first kappa shape index (κ1) is 18.8. The second-order valence-corrected chi connectivity index (χ2v) is 8.92. The molecule has 0 bridgehead atoms. The molecule has 25 heavy (non-hydrogen) atoms. The number of aryl methyl sites for hydroxylation is 1. The Morgan fingerprint density at radius 2 is 2.00 bits per heavy atom. The molecule has 0 atom stereocenters. The van der Waals surface area contributed by atoms with Crippen LogP contribution in [0.2, 0.25) is 0 Å². The first-order chi connectivity index (χ1) is 11.8. The molecule has 2 aliphatic rings. The van der Waals surface area contributed by atoms with Gasteiger partial charge in [0, 0.05) is 19.1 Å². The van der Waals surface area contributed by atoms with E-state index < -0.39 is 0 Å². The normalized spacial score (nSPS) is 29.0. The van der Waals surface area contributed by atoms with Crippen molar-refractivity contribution in [2.45, 2.75) is 71.1 Å². The monoisotopic (exact) mass is 349 g/mol. The summed E-state index contributed by atoms with van der Waals surface area (Å²) in [5.74, 6) is 2.15. The van der Waals surface area contributed by atoms with E-state index in [4.69, 9.17) is 4.74 Å². The zero-order valence-electron chi connectivity index (χ0n) is 16.6. The van der Waals surface area contributed by atoms with Crippen molar-refractivity contribution in [1.29, 1.82) is 0 Å². The lowest BCUT2D eigenvalue weighted by molar-refractivity contribution is -0.0346. The van der Waals surface area contributed by atoms with Crippen molar-refractivity contribution in [1.82, 2.24) is 25.0 Å². The largest absolute Gasteiger partial charge is 0.374 e. The van der Waals surface area contributed by atoms with E-state index >= 15 is 0 Å². The number of nitrogens with zero attached hydrogens (tertiary/aromatic N) is 4. The standard InChI is InChI=1S/C19H35N5O/c1-15-21-22-17(12-23(5)11-10-20-4)24(15)16-6-8-19(9-7-16)13-18(2,3)14-25-19/h16,20H,6-14H2,1-5H3. The minimum Gasteiger partial charge on any atom is -0.374 e. The molecule has 0 amide bonds. The van der Waals surface area contributed by atoms with Gasteiger partial charge in [-0.2, -0.15) is 0 Å². The fraction of sp³-hybridized carbons (Fsp3) is 0.895. The molecule has 0 aromatic carbocycles. The molecule has 1 saturated heterocycles. The van der Waals surface area contributed by atoms with Crippen molar-refractivity contribution in [3.63, 3.8) is 0 Å². The summed E-state index contributed by atoms with van der Waals surface area (Å²) >= 11 is 0. The van der Waals surface area contributed by atoms with E-state index in [2.05, 4.69) is 52.8 Å². The van der Waals surface area contributed by atoms with E-state index in [9.17, 15) is 0 Å². The molecule has 2 heterocycles. The quantitative estimate of drug-likeness (QED) is 0.855. The van der Waals surface area contributed by atoms with E-state index in [0.717, 1.165) is 50.7 Å². The van der Waals surface area contributed by atoms with E-state index in [1.807, 2.05) is 7.05 Å². The zero-order valence-corrected chi connectivity index (χ0v) is 16.6. The number of hydrogen-bond donors (Lipinski definition) is 1. The van der Waals surface area contributed by atoms with Crippen LogP contribution in [0.4, 0.5) is 0 Å². The summed E-state index contributed by atoms with van der Waals surface area (Å²) in [6, 6.07) is 0.514. The van der Waals surface area contributed by atoms with Gasteiger partial charge in [0.25, 0.3) is 0 Å². The topological polar surface area (TPSA) is 55.2 Å². The van der Waals surface area contributed by atoms with Crippen LogP contribution in [-0.4, -0.2) is 59.1 Å². The predicted molar refractivity (Wildman–Crippen MR) is 99.6 cm³/mol. The van der Waals surface area contributed by atoms with Crippen molar-refractivity contribution in [2.24, 2.45) is 5.41 Å². The SMILES string of the molecule is CNCCN(C)Cc1nnc(C)n1C1CCC2(CC1)CC(C)(C)CO2. The summed E-state index contributed by atoms with van der Waals surface area (Å²) in [5, 5.41) is 12.1. The summed E-state index contributed by atoms with van der Waals surface area (Å²) in [5.41, 5.74) is 0.464. The Balaban J connectivity index is 1.64. The smallest absolute Gasteiger partial charge is 0.147 e. The van der Waals surface area contributed by atoms with Crippen LogP contribution in [0.25, 0.3) is 0 Å². The lowest BCUT2D eigenvalue weighted by atomic mass is 9.75. The van der Waals surface area contributed by atoms with Gasteiger partial charge in [0.2, 0.25) is 0 Å². The molecule has 1 saturated carbocycles. The number of hydrogen-bond acceptors (Lipinski definition) is 5. The van der Waals surface area contributed by atoms with Gasteiger partial charge in [-0.25, -0.2) is 0 Å². The first-order valence-corrected chi connectivity index (χ1v) is 9.72.